The van der Waals surface area contributed by atoms with Crippen molar-refractivity contribution in [3.8, 4) is 5.75 Å². The second-order valence-electron chi connectivity index (χ2n) is 5.98. The molecule has 3 rings (SSSR count). The summed E-state index contributed by atoms with van der Waals surface area (Å²) >= 11 is 3.78. The molecule has 1 aromatic carbocycles. The minimum absolute atomic E-state index is 0.158. The van der Waals surface area contributed by atoms with Gasteiger partial charge in [0.1, 0.15) is 5.75 Å². The van der Waals surface area contributed by atoms with Gasteiger partial charge in [-0.2, -0.15) is 0 Å². The van der Waals surface area contributed by atoms with Gasteiger partial charge < -0.3 is 10.5 Å². The first-order chi connectivity index (χ1) is 9.15. The van der Waals surface area contributed by atoms with E-state index in [1.165, 1.54) is 48.8 Å². The number of aryl methyl sites for hydroxylation is 1. The first-order valence-electron chi connectivity index (χ1n) is 7.33. The normalized spacial score (nSPS) is 21.2. The van der Waals surface area contributed by atoms with Gasteiger partial charge in [-0.15, -0.1) is 0 Å². The first kappa shape index (κ1) is 13.4. The van der Waals surface area contributed by atoms with Crippen LogP contribution in [-0.2, 0) is 18.4 Å². The van der Waals surface area contributed by atoms with E-state index in [2.05, 4.69) is 22.0 Å². The highest BCUT2D eigenvalue weighted by molar-refractivity contribution is 9.10. The molecule has 0 unspecified atom stereocenters. The van der Waals surface area contributed by atoms with Crippen LogP contribution < -0.4 is 10.5 Å². The average molecular weight is 324 g/mol. The van der Waals surface area contributed by atoms with E-state index in [0.717, 1.165) is 29.5 Å². The number of rotatable bonds is 2. The van der Waals surface area contributed by atoms with Crippen LogP contribution in [0.2, 0.25) is 0 Å². The maximum Gasteiger partial charge on any atom is 0.138 e. The lowest BCUT2D eigenvalue weighted by atomic mass is 9.71. The van der Waals surface area contributed by atoms with Crippen LogP contribution in [0.25, 0.3) is 0 Å². The van der Waals surface area contributed by atoms with E-state index in [1.54, 1.807) is 7.11 Å². The quantitative estimate of drug-likeness (QED) is 0.833. The summed E-state index contributed by atoms with van der Waals surface area (Å²) in [4.78, 5) is 0. The third-order valence-corrected chi connectivity index (χ3v) is 5.61. The van der Waals surface area contributed by atoms with E-state index >= 15 is 0 Å². The van der Waals surface area contributed by atoms with Crippen LogP contribution in [0.4, 0.5) is 0 Å². The molecule has 1 fully saturated rings. The van der Waals surface area contributed by atoms with Crippen molar-refractivity contribution in [2.45, 2.75) is 56.9 Å². The van der Waals surface area contributed by atoms with Gasteiger partial charge in [-0.05, 0) is 78.1 Å². The van der Waals surface area contributed by atoms with E-state index in [0.29, 0.717) is 0 Å². The molecule has 0 aromatic heterocycles. The Bertz CT molecular complexity index is 494. The van der Waals surface area contributed by atoms with Gasteiger partial charge in [-0.25, -0.2) is 0 Å². The third kappa shape index (κ3) is 2.21. The Kier molecular flexibility index (Phi) is 3.61. The zero-order valence-corrected chi connectivity index (χ0v) is 13.2. The van der Waals surface area contributed by atoms with Crippen LogP contribution >= 0.6 is 15.9 Å². The number of hydrogen-bond acceptors (Lipinski definition) is 2. The summed E-state index contributed by atoms with van der Waals surface area (Å²) in [6.45, 7) is 0. The van der Waals surface area contributed by atoms with Gasteiger partial charge in [0.15, 0.2) is 0 Å². The van der Waals surface area contributed by atoms with Gasteiger partial charge in [0.05, 0.1) is 11.6 Å². The Labute approximate surface area is 123 Å². The van der Waals surface area contributed by atoms with Crippen molar-refractivity contribution in [3.63, 3.8) is 0 Å². The van der Waals surface area contributed by atoms with Crippen molar-refractivity contribution in [3.05, 3.63) is 27.2 Å². The topological polar surface area (TPSA) is 35.2 Å². The van der Waals surface area contributed by atoms with E-state index < -0.39 is 0 Å². The summed E-state index contributed by atoms with van der Waals surface area (Å²) in [5.41, 5.74) is 10.5. The number of hydrogen-bond donors (Lipinski definition) is 1. The summed E-state index contributed by atoms with van der Waals surface area (Å²) in [6.07, 6.45) is 9.62. The molecule has 0 heterocycles. The number of methoxy groups -OCH3 is 1. The lowest BCUT2D eigenvalue weighted by Gasteiger charge is -2.40. The number of halogens is 1. The molecule has 2 nitrogen and oxygen atoms in total. The number of benzene rings is 1. The van der Waals surface area contributed by atoms with Crippen molar-refractivity contribution in [2.24, 2.45) is 5.73 Å². The smallest absolute Gasteiger partial charge is 0.138 e. The monoisotopic (exact) mass is 323 g/mol. The number of ether oxygens (including phenoxy) is 1. The molecule has 1 saturated carbocycles. The predicted octanol–water partition coefficient (Wildman–Crippen LogP) is 4.06. The van der Waals surface area contributed by atoms with E-state index in [-0.39, 0.29) is 5.54 Å². The SMILES string of the molecule is COc1c(C2(N)CCC2)cc2c(c1Br)CCCCC2. The Morgan fingerprint density at radius 3 is 2.53 bits per heavy atom. The molecule has 0 saturated heterocycles. The van der Waals surface area contributed by atoms with E-state index in [4.69, 9.17) is 10.5 Å². The van der Waals surface area contributed by atoms with Crippen LogP contribution in [0.15, 0.2) is 10.5 Å². The zero-order valence-electron chi connectivity index (χ0n) is 11.6. The van der Waals surface area contributed by atoms with Gasteiger partial charge in [0.2, 0.25) is 0 Å². The fraction of sp³-hybridized carbons (Fsp3) is 0.625. The molecule has 0 amide bonds. The summed E-state index contributed by atoms with van der Waals surface area (Å²) in [5.74, 6) is 0.975. The minimum Gasteiger partial charge on any atom is -0.495 e. The summed E-state index contributed by atoms with van der Waals surface area (Å²) < 4.78 is 6.83. The van der Waals surface area contributed by atoms with Crippen LogP contribution in [0.3, 0.4) is 0 Å². The highest BCUT2D eigenvalue weighted by Gasteiger charge is 2.38. The molecule has 2 aliphatic carbocycles. The second kappa shape index (κ2) is 5.10. The highest BCUT2D eigenvalue weighted by Crippen LogP contribution is 2.47. The summed E-state index contributed by atoms with van der Waals surface area (Å²) in [5, 5.41) is 0. The molecule has 2 aliphatic rings. The second-order valence-corrected chi connectivity index (χ2v) is 6.77. The molecule has 0 aliphatic heterocycles. The van der Waals surface area contributed by atoms with Gasteiger partial charge in [0.25, 0.3) is 0 Å². The molecule has 0 radical (unpaired) electrons. The van der Waals surface area contributed by atoms with Crippen molar-refractivity contribution in [1.29, 1.82) is 0 Å². The third-order valence-electron chi connectivity index (χ3n) is 4.77. The Hall–Kier alpha value is -0.540. The van der Waals surface area contributed by atoms with Crippen molar-refractivity contribution >= 4 is 15.9 Å². The van der Waals surface area contributed by atoms with E-state index in [9.17, 15) is 0 Å². The van der Waals surface area contributed by atoms with Crippen molar-refractivity contribution in [2.75, 3.05) is 7.11 Å². The zero-order chi connectivity index (χ0) is 13.5. The standard InChI is InChI=1S/C16H22BrNO/c1-19-15-13(16(18)8-5-9-16)10-11-6-3-2-4-7-12(11)14(15)17/h10H,2-9,18H2,1H3. The maximum atomic E-state index is 6.54. The van der Waals surface area contributed by atoms with Gasteiger partial charge >= 0.3 is 0 Å². The molecule has 1 aromatic rings. The molecule has 3 heteroatoms. The molecule has 0 atom stereocenters. The maximum absolute atomic E-state index is 6.54. The molecule has 0 spiro atoms. The predicted molar refractivity (Wildman–Crippen MR) is 81.7 cm³/mol. The number of fused-ring (bicyclic) bond motifs is 1. The first-order valence-corrected chi connectivity index (χ1v) is 8.12. The average Bonchev–Trinajstić information content (AvgIpc) is 2.61. The van der Waals surface area contributed by atoms with Crippen molar-refractivity contribution < 1.29 is 4.74 Å². The minimum atomic E-state index is -0.158. The fourth-order valence-corrected chi connectivity index (χ4v) is 4.24. The Morgan fingerprint density at radius 2 is 1.89 bits per heavy atom. The summed E-state index contributed by atoms with van der Waals surface area (Å²) in [7, 11) is 1.76. The van der Waals surface area contributed by atoms with Gasteiger partial charge in [0, 0.05) is 11.1 Å². The lowest BCUT2D eigenvalue weighted by molar-refractivity contribution is 0.243. The molecule has 0 bridgehead atoms. The molecular weight excluding hydrogens is 302 g/mol. The number of nitrogens with two attached hydrogens (primary N) is 1. The van der Waals surface area contributed by atoms with E-state index in [1.807, 2.05) is 0 Å². The largest absolute Gasteiger partial charge is 0.495 e. The van der Waals surface area contributed by atoms with Crippen LogP contribution in [0.1, 0.15) is 55.2 Å². The molecule has 2 N–H and O–H groups in total. The fourth-order valence-electron chi connectivity index (χ4n) is 3.41. The van der Waals surface area contributed by atoms with Crippen LogP contribution in [-0.4, -0.2) is 7.11 Å². The Balaban J connectivity index is 2.14. The summed E-state index contributed by atoms with van der Waals surface area (Å²) in [6, 6.07) is 2.34. The van der Waals surface area contributed by atoms with Gasteiger partial charge in [-0.1, -0.05) is 6.42 Å². The van der Waals surface area contributed by atoms with Crippen LogP contribution in [0.5, 0.6) is 5.75 Å². The van der Waals surface area contributed by atoms with Gasteiger partial charge in [-0.3, -0.25) is 0 Å². The molecule has 19 heavy (non-hydrogen) atoms. The van der Waals surface area contributed by atoms with Crippen LogP contribution in [0, 0.1) is 0 Å². The van der Waals surface area contributed by atoms with Crippen molar-refractivity contribution in [1.82, 2.24) is 0 Å². The Morgan fingerprint density at radius 1 is 1.16 bits per heavy atom. The molecule has 104 valence electrons. The highest BCUT2D eigenvalue weighted by atomic mass is 79.9. The lowest BCUT2D eigenvalue weighted by Crippen LogP contribution is -2.43. The molecular formula is C16H22BrNO.